The summed E-state index contributed by atoms with van der Waals surface area (Å²) in [6.45, 7) is 1.96. The number of para-hydroxylation sites is 1. The molecule has 0 aliphatic carbocycles. The number of benzene rings is 2. The molecule has 2 aromatic rings. The molecule has 1 atom stereocenters. The number of rotatable bonds is 4. The third kappa shape index (κ3) is 4.62. The van der Waals surface area contributed by atoms with Crippen molar-refractivity contribution in [1.29, 1.82) is 0 Å². The normalized spacial score (nSPS) is 17.7. The fraction of sp³-hybridized carbons (Fsp3) is 0.286. The van der Waals surface area contributed by atoms with Gasteiger partial charge in [0.25, 0.3) is 0 Å². The van der Waals surface area contributed by atoms with E-state index >= 15 is 0 Å². The van der Waals surface area contributed by atoms with Crippen LogP contribution in [0.1, 0.15) is 6.42 Å². The highest BCUT2D eigenvalue weighted by Crippen LogP contribution is 2.32. The molecule has 156 valence electrons. The van der Waals surface area contributed by atoms with Crippen LogP contribution in [0.5, 0.6) is 11.5 Å². The maximum absolute atomic E-state index is 12.7. The Bertz CT molecular complexity index is 953. The standard InChI is InChI=1S/C21H22N4O4S/c26-19(23-15-6-7-17-18(12-15)29-11-10-28-17)13-16-20(27)22-8-9-25(16)21(30)24-14-4-2-1-3-5-14/h1-7,12,16H,8-11,13H2,(H,22,27)(H,23,26)(H,24,30)/t16-/m1/s1. The summed E-state index contributed by atoms with van der Waals surface area (Å²) in [5.74, 6) is 0.718. The van der Waals surface area contributed by atoms with Crippen LogP contribution in [0.4, 0.5) is 11.4 Å². The fourth-order valence-corrected chi connectivity index (χ4v) is 3.72. The van der Waals surface area contributed by atoms with Crippen LogP contribution in [0.3, 0.4) is 0 Å². The zero-order chi connectivity index (χ0) is 20.9. The number of hydrogen-bond donors (Lipinski definition) is 3. The molecule has 0 aromatic heterocycles. The molecule has 0 unspecified atom stereocenters. The lowest BCUT2D eigenvalue weighted by Gasteiger charge is -2.36. The van der Waals surface area contributed by atoms with Gasteiger partial charge in [0.2, 0.25) is 11.8 Å². The minimum Gasteiger partial charge on any atom is -0.486 e. The lowest BCUT2D eigenvalue weighted by molar-refractivity contribution is -0.130. The second-order valence-corrected chi connectivity index (χ2v) is 7.29. The molecule has 0 spiro atoms. The summed E-state index contributed by atoms with van der Waals surface area (Å²) in [6, 6.07) is 14.0. The molecule has 2 aliphatic heterocycles. The number of carbonyl (C=O) groups is 2. The predicted molar refractivity (Wildman–Crippen MR) is 117 cm³/mol. The maximum atomic E-state index is 12.7. The van der Waals surface area contributed by atoms with Crippen molar-refractivity contribution in [2.75, 3.05) is 36.9 Å². The van der Waals surface area contributed by atoms with Gasteiger partial charge in [0, 0.05) is 30.5 Å². The van der Waals surface area contributed by atoms with E-state index in [1.165, 1.54) is 0 Å². The van der Waals surface area contributed by atoms with E-state index in [2.05, 4.69) is 16.0 Å². The minimum absolute atomic E-state index is 0.0309. The van der Waals surface area contributed by atoms with E-state index in [1.54, 1.807) is 23.1 Å². The summed E-state index contributed by atoms with van der Waals surface area (Å²) in [4.78, 5) is 26.9. The second-order valence-electron chi connectivity index (χ2n) is 6.91. The highest BCUT2D eigenvalue weighted by Gasteiger charge is 2.33. The van der Waals surface area contributed by atoms with Gasteiger partial charge in [-0.3, -0.25) is 9.59 Å². The highest BCUT2D eigenvalue weighted by atomic mass is 32.1. The average molecular weight is 426 g/mol. The number of ether oxygens (including phenoxy) is 2. The first-order valence-electron chi connectivity index (χ1n) is 9.70. The van der Waals surface area contributed by atoms with Crippen molar-refractivity contribution >= 4 is 40.5 Å². The molecule has 3 N–H and O–H groups in total. The second kappa shape index (κ2) is 9.00. The van der Waals surface area contributed by atoms with E-state index in [9.17, 15) is 9.59 Å². The van der Waals surface area contributed by atoms with Gasteiger partial charge in [-0.25, -0.2) is 0 Å². The van der Waals surface area contributed by atoms with Crippen LogP contribution in [0.2, 0.25) is 0 Å². The Morgan fingerprint density at radius 3 is 2.63 bits per heavy atom. The van der Waals surface area contributed by atoms with Gasteiger partial charge < -0.3 is 30.3 Å². The van der Waals surface area contributed by atoms with Crippen LogP contribution in [0, 0.1) is 0 Å². The number of anilines is 2. The molecule has 2 amide bonds. The molecule has 2 heterocycles. The Morgan fingerprint density at radius 2 is 1.83 bits per heavy atom. The van der Waals surface area contributed by atoms with Crippen molar-refractivity contribution < 1.29 is 19.1 Å². The first-order valence-corrected chi connectivity index (χ1v) is 10.1. The number of piperazine rings is 1. The van der Waals surface area contributed by atoms with E-state index < -0.39 is 6.04 Å². The number of thiocarbonyl (C=S) groups is 1. The van der Waals surface area contributed by atoms with Crippen molar-refractivity contribution in [1.82, 2.24) is 10.2 Å². The monoisotopic (exact) mass is 426 g/mol. The van der Waals surface area contributed by atoms with Gasteiger partial charge in [0.1, 0.15) is 19.3 Å². The predicted octanol–water partition coefficient (Wildman–Crippen LogP) is 1.98. The van der Waals surface area contributed by atoms with Crippen molar-refractivity contribution in [3.05, 3.63) is 48.5 Å². The van der Waals surface area contributed by atoms with Gasteiger partial charge in [-0.15, -0.1) is 0 Å². The molecule has 0 bridgehead atoms. The molecular weight excluding hydrogens is 404 g/mol. The van der Waals surface area contributed by atoms with Gasteiger partial charge in [-0.1, -0.05) is 18.2 Å². The van der Waals surface area contributed by atoms with Crippen LogP contribution in [-0.4, -0.2) is 54.2 Å². The Kier molecular flexibility index (Phi) is 5.99. The zero-order valence-corrected chi connectivity index (χ0v) is 17.0. The van der Waals surface area contributed by atoms with Gasteiger partial charge in [-0.2, -0.15) is 0 Å². The number of hydrogen-bond acceptors (Lipinski definition) is 5. The number of nitrogens with one attached hydrogen (secondary N) is 3. The number of amides is 2. The van der Waals surface area contributed by atoms with Gasteiger partial charge in [0.05, 0.1) is 6.42 Å². The first-order chi connectivity index (χ1) is 14.6. The lowest BCUT2D eigenvalue weighted by Crippen LogP contribution is -2.58. The minimum atomic E-state index is -0.695. The third-order valence-corrected chi connectivity index (χ3v) is 5.16. The Balaban J connectivity index is 1.42. The van der Waals surface area contributed by atoms with Crippen LogP contribution < -0.4 is 25.4 Å². The summed E-state index contributed by atoms with van der Waals surface area (Å²) in [7, 11) is 0. The molecule has 0 radical (unpaired) electrons. The molecule has 4 rings (SSSR count). The summed E-state index contributed by atoms with van der Waals surface area (Å²) >= 11 is 5.51. The fourth-order valence-electron chi connectivity index (χ4n) is 3.39. The van der Waals surface area contributed by atoms with Gasteiger partial charge in [-0.05, 0) is 36.5 Å². The first kappa shape index (κ1) is 20.0. The summed E-state index contributed by atoms with van der Waals surface area (Å²) < 4.78 is 11.0. The Hall–Kier alpha value is -3.33. The van der Waals surface area contributed by atoms with Crippen LogP contribution in [0.15, 0.2) is 48.5 Å². The molecule has 1 saturated heterocycles. The van der Waals surface area contributed by atoms with Crippen LogP contribution >= 0.6 is 12.2 Å². The van der Waals surface area contributed by atoms with E-state index in [4.69, 9.17) is 21.7 Å². The zero-order valence-electron chi connectivity index (χ0n) is 16.2. The SMILES string of the molecule is O=C(C[C@@H]1C(=O)NCCN1C(=S)Nc1ccccc1)Nc1ccc2c(c1)OCCO2. The molecule has 1 fully saturated rings. The van der Waals surface area contributed by atoms with Crippen molar-refractivity contribution in [3.8, 4) is 11.5 Å². The van der Waals surface area contributed by atoms with Gasteiger partial charge in [0.15, 0.2) is 16.6 Å². The van der Waals surface area contributed by atoms with Crippen molar-refractivity contribution in [2.45, 2.75) is 12.5 Å². The van der Waals surface area contributed by atoms with Crippen molar-refractivity contribution in [2.24, 2.45) is 0 Å². The third-order valence-electron chi connectivity index (χ3n) is 4.82. The number of carbonyl (C=O) groups excluding carboxylic acids is 2. The van der Waals surface area contributed by atoms with E-state index in [0.717, 1.165) is 5.69 Å². The summed E-state index contributed by atoms with van der Waals surface area (Å²) in [5, 5.41) is 9.18. The van der Waals surface area contributed by atoms with Gasteiger partial charge >= 0.3 is 0 Å². The van der Waals surface area contributed by atoms with E-state index in [1.807, 2.05) is 30.3 Å². The van der Waals surface area contributed by atoms with Crippen LogP contribution in [-0.2, 0) is 9.59 Å². The number of nitrogens with zero attached hydrogens (tertiary/aromatic N) is 1. The Morgan fingerprint density at radius 1 is 1.07 bits per heavy atom. The average Bonchev–Trinajstić information content (AvgIpc) is 2.75. The summed E-state index contributed by atoms with van der Waals surface area (Å²) in [6.07, 6.45) is -0.0309. The largest absolute Gasteiger partial charge is 0.486 e. The molecule has 9 heteroatoms. The topological polar surface area (TPSA) is 91.9 Å². The molecule has 2 aliphatic rings. The Labute approximate surface area is 179 Å². The van der Waals surface area contributed by atoms with Crippen molar-refractivity contribution in [3.63, 3.8) is 0 Å². The lowest BCUT2D eigenvalue weighted by atomic mass is 10.1. The molecule has 30 heavy (non-hydrogen) atoms. The maximum Gasteiger partial charge on any atom is 0.243 e. The number of fused-ring (bicyclic) bond motifs is 1. The quantitative estimate of drug-likeness (QED) is 0.644. The molecular formula is C21H22N4O4S. The molecule has 8 nitrogen and oxygen atoms in total. The molecule has 2 aromatic carbocycles. The summed E-state index contributed by atoms with van der Waals surface area (Å²) in [5.41, 5.74) is 1.41. The highest BCUT2D eigenvalue weighted by molar-refractivity contribution is 7.80. The van der Waals surface area contributed by atoms with Crippen LogP contribution in [0.25, 0.3) is 0 Å². The van der Waals surface area contributed by atoms with E-state index in [0.29, 0.717) is 48.6 Å². The smallest absolute Gasteiger partial charge is 0.243 e. The molecule has 0 saturated carbocycles. The van der Waals surface area contributed by atoms with E-state index in [-0.39, 0.29) is 18.2 Å².